The molecule has 2 bridgehead atoms. The van der Waals surface area contributed by atoms with E-state index in [1.807, 2.05) is 30.5 Å². The Labute approximate surface area is 127 Å². The van der Waals surface area contributed by atoms with Crippen molar-refractivity contribution in [2.45, 2.75) is 37.4 Å². The fourth-order valence-corrected chi connectivity index (χ4v) is 4.25. The summed E-state index contributed by atoms with van der Waals surface area (Å²) in [6.07, 6.45) is 7.08. The number of amides is 1. The summed E-state index contributed by atoms with van der Waals surface area (Å²) in [4.78, 5) is 18.4. The molecule has 0 radical (unpaired) electrons. The van der Waals surface area contributed by atoms with Gasteiger partial charge in [0.25, 0.3) is 5.91 Å². The monoisotopic (exact) mass is 299 g/mol. The molecule has 2 aromatic heterocycles. The van der Waals surface area contributed by atoms with Crippen molar-refractivity contribution in [1.82, 2.24) is 15.6 Å². The van der Waals surface area contributed by atoms with Gasteiger partial charge in [0.2, 0.25) is 0 Å². The molecule has 4 nitrogen and oxygen atoms in total. The summed E-state index contributed by atoms with van der Waals surface area (Å²) >= 11 is 1.53. The number of carbonyl (C=O) groups is 1. The van der Waals surface area contributed by atoms with Crippen LogP contribution in [-0.4, -0.2) is 29.0 Å². The molecule has 2 fully saturated rings. The second-order valence-electron chi connectivity index (χ2n) is 5.77. The van der Waals surface area contributed by atoms with Crippen molar-refractivity contribution in [3.8, 4) is 10.4 Å². The van der Waals surface area contributed by atoms with Crippen molar-refractivity contribution in [2.24, 2.45) is 0 Å². The highest BCUT2D eigenvalue weighted by Gasteiger charge is 2.39. The highest BCUT2D eigenvalue weighted by Crippen LogP contribution is 2.30. The van der Waals surface area contributed by atoms with Gasteiger partial charge in [-0.1, -0.05) is 6.07 Å². The molecule has 0 unspecified atom stereocenters. The summed E-state index contributed by atoms with van der Waals surface area (Å²) in [5.74, 6) is 0.0505. The van der Waals surface area contributed by atoms with Gasteiger partial charge in [0.1, 0.15) is 0 Å². The first kappa shape index (κ1) is 13.0. The molecule has 4 heterocycles. The van der Waals surface area contributed by atoms with Gasteiger partial charge < -0.3 is 10.6 Å². The zero-order chi connectivity index (χ0) is 14.2. The van der Waals surface area contributed by atoms with Crippen LogP contribution in [0.3, 0.4) is 0 Å². The normalized spacial score (nSPS) is 27.0. The molecule has 0 aromatic carbocycles. The minimum absolute atomic E-state index is 0.0505. The van der Waals surface area contributed by atoms with Gasteiger partial charge in [0.15, 0.2) is 0 Å². The second kappa shape index (κ2) is 5.24. The molecular formula is C16H17N3OS. The number of rotatable bonds is 3. The first-order valence-electron chi connectivity index (χ1n) is 7.37. The standard InChI is InChI=1S/C16H17N3OS/c20-16(19-13-8-11-3-4-12(13)18-11)15-6-5-14(21-15)10-2-1-7-17-9-10/h1-2,5-7,9,11-13,18H,3-4,8H2,(H,19,20)/t11-,12+,13-/m1/s1. The maximum atomic E-state index is 12.4. The number of fused-ring (bicyclic) bond motifs is 2. The zero-order valence-corrected chi connectivity index (χ0v) is 12.4. The van der Waals surface area contributed by atoms with Crippen LogP contribution >= 0.6 is 11.3 Å². The third kappa shape index (κ3) is 2.47. The van der Waals surface area contributed by atoms with Crippen molar-refractivity contribution < 1.29 is 4.79 Å². The van der Waals surface area contributed by atoms with Gasteiger partial charge in [0, 0.05) is 41.0 Å². The van der Waals surface area contributed by atoms with Gasteiger partial charge in [-0.2, -0.15) is 0 Å². The average Bonchev–Trinajstić information content (AvgIpc) is 3.24. The van der Waals surface area contributed by atoms with E-state index in [0.29, 0.717) is 18.1 Å². The van der Waals surface area contributed by atoms with E-state index < -0.39 is 0 Å². The van der Waals surface area contributed by atoms with E-state index in [9.17, 15) is 4.79 Å². The summed E-state index contributed by atoms with van der Waals surface area (Å²) in [7, 11) is 0. The van der Waals surface area contributed by atoms with Crippen LogP contribution in [0.4, 0.5) is 0 Å². The Bertz CT molecular complexity index is 655. The summed E-state index contributed by atoms with van der Waals surface area (Å²) in [6.45, 7) is 0. The van der Waals surface area contributed by atoms with Crippen molar-refractivity contribution >= 4 is 17.2 Å². The molecule has 5 heteroatoms. The Kier molecular flexibility index (Phi) is 3.24. The molecule has 2 aliphatic rings. The topological polar surface area (TPSA) is 54.0 Å². The summed E-state index contributed by atoms with van der Waals surface area (Å²) in [6, 6.07) is 9.20. The summed E-state index contributed by atoms with van der Waals surface area (Å²) in [5, 5.41) is 6.73. The van der Waals surface area contributed by atoms with Gasteiger partial charge in [-0.05, 0) is 37.5 Å². The molecule has 21 heavy (non-hydrogen) atoms. The molecule has 2 aliphatic heterocycles. The largest absolute Gasteiger partial charge is 0.347 e. The van der Waals surface area contributed by atoms with E-state index in [0.717, 1.165) is 21.7 Å². The minimum Gasteiger partial charge on any atom is -0.347 e. The molecule has 108 valence electrons. The van der Waals surface area contributed by atoms with Crippen LogP contribution in [0.25, 0.3) is 10.4 Å². The lowest BCUT2D eigenvalue weighted by atomic mass is 9.95. The van der Waals surface area contributed by atoms with E-state index in [-0.39, 0.29) is 5.91 Å². The molecule has 2 N–H and O–H groups in total. The summed E-state index contributed by atoms with van der Waals surface area (Å²) in [5.41, 5.74) is 1.06. The lowest BCUT2D eigenvalue weighted by Gasteiger charge is -2.20. The molecule has 0 aliphatic carbocycles. The number of hydrogen-bond acceptors (Lipinski definition) is 4. The number of nitrogens with zero attached hydrogens (tertiary/aromatic N) is 1. The molecular weight excluding hydrogens is 282 g/mol. The van der Waals surface area contributed by atoms with E-state index in [4.69, 9.17) is 0 Å². The quantitative estimate of drug-likeness (QED) is 0.915. The van der Waals surface area contributed by atoms with Gasteiger partial charge in [0.05, 0.1) is 4.88 Å². The van der Waals surface area contributed by atoms with Gasteiger partial charge in [-0.25, -0.2) is 0 Å². The van der Waals surface area contributed by atoms with Crippen molar-refractivity contribution in [3.63, 3.8) is 0 Å². The SMILES string of the molecule is O=C(N[C@@H]1C[C@H]2CC[C@@H]1N2)c1ccc(-c2cccnc2)s1. The zero-order valence-electron chi connectivity index (χ0n) is 11.6. The van der Waals surface area contributed by atoms with Crippen LogP contribution in [0, 0.1) is 0 Å². The Hall–Kier alpha value is -1.72. The van der Waals surface area contributed by atoms with Gasteiger partial charge >= 0.3 is 0 Å². The first-order valence-corrected chi connectivity index (χ1v) is 8.18. The van der Waals surface area contributed by atoms with Crippen molar-refractivity contribution in [1.29, 1.82) is 0 Å². The fourth-order valence-electron chi connectivity index (χ4n) is 3.35. The van der Waals surface area contributed by atoms with Crippen LogP contribution in [0.15, 0.2) is 36.7 Å². The fraction of sp³-hybridized carbons (Fsp3) is 0.375. The number of carbonyl (C=O) groups excluding carboxylic acids is 1. The maximum absolute atomic E-state index is 12.4. The molecule has 0 spiro atoms. The minimum atomic E-state index is 0.0505. The van der Waals surface area contributed by atoms with E-state index >= 15 is 0 Å². The van der Waals surface area contributed by atoms with Crippen LogP contribution < -0.4 is 10.6 Å². The van der Waals surface area contributed by atoms with Crippen LogP contribution in [0.2, 0.25) is 0 Å². The predicted molar refractivity (Wildman–Crippen MR) is 83.4 cm³/mol. The third-order valence-electron chi connectivity index (χ3n) is 4.39. The molecule has 3 atom stereocenters. The number of aromatic nitrogens is 1. The number of thiophene rings is 1. The van der Waals surface area contributed by atoms with Crippen molar-refractivity contribution in [3.05, 3.63) is 41.5 Å². The van der Waals surface area contributed by atoms with Crippen LogP contribution in [0.5, 0.6) is 0 Å². The first-order chi connectivity index (χ1) is 10.3. The van der Waals surface area contributed by atoms with Gasteiger partial charge in [-0.3, -0.25) is 9.78 Å². The summed E-state index contributed by atoms with van der Waals surface area (Å²) < 4.78 is 0. The average molecular weight is 299 g/mol. The highest BCUT2D eigenvalue weighted by atomic mass is 32.1. The Morgan fingerprint density at radius 1 is 1.33 bits per heavy atom. The maximum Gasteiger partial charge on any atom is 0.261 e. The molecule has 2 saturated heterocycles. The Morgan fingerprint density at radius 2 is 2.29 bits per heavy atom. The van der Waals surface area contributed by atoms with Crippen LogP contribution in [0.1, 0.15) is 28.9 Å². The Morgan fingerprint density at radius 3 is 3.00 bits per heavy atom. The van der Waals surface area contributed by atoms with Gasteiger partial charge in [-0.15, -0.1) is 11.3 Å². The van der Waals surface area contributed by atoms with Crippen molar-refractivity contribution in [2.75, 3.05) is 0 Å². The molecule has 0 saturated carbocycles. The second-order valence-corrected chi connectivity index (χ2v) is 6.85. The Balaban J connectivity index is 1.47. The van der Waals surface area contributed by atoms with E-state index in [1.165, 1.54) is 24.2 Å². The number of nitrogens with one attached hydrogen (secondary N) is 2. The van der Waals surface area contributed by atoms with Crippen LogP contribution in [-0.2, 0) is 0 Å². The molecule has 2 aromatic rings. The van der Waals surface area contributed by atoms with E-state index in [1.54, 1.807) is 6.20 Å². The smallest absolute Gasteiger partial charge is 0.261 e. The highest BCUT2D eigenvalue weighted by molar-refractivity contribution is 7.17. The lowest BCUT2D eigenvalue weighted by molar-refractivity contribution is 0.0935. The number of hydrogen-bond donors (Lipinski definition) is 2. The number of pyridine rings is 1. The molecule has 4 rings (SSSR count). The third-order valence-corrected chi connectivity index (χ3v) is 5.53. The molecule has 1 amide bonds. The van der Waals surface area contributed by atoms with E-state index in [2.05, 4.69) is 15.6 Å². The lowest BCUT2D eigenvalue weighted by Crippen LogP contribution is -2.42. The predicted octanol–water partition coefficient (Wildman–Crippen LogP) is 2.43.